The number of nitrogens with two attached hydrogens (primary N) is 1. The highest BCUT2D eigenvalue weighted by molar-refractivity contribution is 5.71. The summed E-state index contributed by atoms with van der Waals surface area (Å²) in [5.41, 5.74) is 7.47. The molecule has 0 spiro atoms. The molecule has 1 aromatic carbocycles. The van der Waals surface area contributed by atoms with Crippen LogP contribution in [-0.4, -0.2) is 18.7 Å². The summed E-state index contributed by atoms with van der Waals surface area (Å²) in [4.78, 5) is 11.4. The Balaban J connectivity index is 2.63. The molecule has 1 rings (SSSR count). The van der Waals surface area contributed by atoms with Gasteiger partial charge in [-0.1, -0.05) is 17.7 Å². The second-order valence-corrected chi connectivity index (χ2v) is 3.94. The third-order valence-electron chi connectivity index (χ3n) is 2.25. The monoisotopic (exact) mass is 222 g/mol. The maximum Gasteiger partial charge on any atom is 0.412 e. The molecule has 0 bridgehead atoms. The summed E-state index contributed by atoms with van der Waals surface area (Å²) < 4.78 is 5.17. The number of amides is 1. The van der Waals surface area contributed by atoms with Crippen molar-refractivity contribution < 1.29 is 9.53 Å². The largest absolute Gasteiger partial charge is 0.412 e. The molecular formula is C12H18N2O2. The van der Waals surface area contributed by atoms with Gasteiger partial charge in [-0.3, -0.25) is 0 Å². The van der Waals surface area contributed by atoms with Gasteiger partial charge >= 0.3 is 6.09 Å². The van der Waals surface area contributed by atoms with Crippen molar-refractivity contribution >= 4 is 6.09 Å². The third kappa shape index (κ3) is 3.55. The highest BCUT2D eigenvalue weighted by Crippen LogP contribution is 2.18. The number of hydrogen-bond acceptors (Lipinski definition) is 3. The molecule has 1 atom stereocenters. The van der Waals surface area contributed by atoms with Crippen LogP contribution >= 0.6 is 0 Å². The van der Waals surface area contributed by atoms with Crippen molar-refractivity contribution in [1.82, 2.24) is 5.32 Å². The van der Waals surface area contributed by atoms with Crippen molar-refractivity contribution in [3.05, 3.63) is 29.3 Å². The zero-order valence-corrected chi connectivity index (χ0v) is 9.91. The van der Waals surface area contributed by atoms with E-state index in [2.05, 4.69) is 5.32 Å². The zero-order chi connectivity index (χ0) is 12.1. The molecule has 0 saturated heterocycles. The van der Waals surface area contributed by atoms with Gasteiger partial charge < -0.3 is 15.8 Å². The highest BCUT2D eigenvalue weighted by atomic mass is 16.6. The van der Waals surface area contributed by atoms with E-state index in [1.807, 2.05) is 32.9 Å². The van der Waals surface area contributed by atoms with Crippen molar-refractivity contribution in [2.24, 2.45) is 5.73 Å². The predicted molar refractivity (Wildman–Crippen MR) is 63.6 cm³/mol. The van der Waals surface area contributed by atoms with E-state index < -0.39 is 6.09 Å². The van der Waals surface area contributed by atoms with Crippen LogP contribution in [-0.2, 0) is 0 Å². The first-order valence-electron chi connectivity index (χ1n) is 5.28. The van der Waals surface area contributed by atoms with Crippen molar-refractivity contribution in [3.8, 4) is 5.75 Å². The van der Waals surface area contributed by atoms with Crippen molar-refractivity contribution in [2.75, 3.05) is 6.54 Å². The van der Waals surface area contributed by atoms with Crippen LogP contribution in [0, 0.1) is 13.8 Å². The van der Waals surface area contributed by atoms with Crippen LogP contribution in [0.4, 0.5) is 4.79 Å². The Labute approximate surface area is 95.8 Å². The average molecular weight is 222 g/mol. The maximum absolute atomic E-state index is 11.4. The fourth-order valence-corrected chi connectivity index (χ4v) is 1.30. The molecule has 0 aliphatic rings. The Kier molecular flexibility index (Phi) is 4.31. The first-order valence-corrected chi connectivity index (χ1v) is 5.28. The highest BCUT2D eigenvalue weighted by Gasteiger charge is 2.09. The van der Waals surface area contributed by atoms with Crippen LogP contribution in [0.25, 0.3) is 0 Å². The first-order chi connectivity index (χ1) is 7.52. The number of aryl methyl sites for hydroxylation is 2. The molecule has 1 amide bonds. The number of hydrogen-bond donors (Lipinski definition) is 2. The van der Waals surface area contributed by atoms with Crippen LogP contribution in [0.1, 0.15) is 18.1 Å². The number of ether oxygens (including phenoxy) is 1. The Hall–Kier alpha value is -1.55. The minimum absolute atomic E-state index is 0.0849. The van der Waals surface area contributed by atoms with E-state index in [9.17, 15) is 4.79 Å². The lowest BCUT2D eigenvalue weighted by Gasteiger charge is -2.12. The predicted octanol–water partition coefficient (Wildman–Crippen LogP) is 1.74. The summed E-state index contributed by atoms with van der Waals surface area (Å²) in [6.45, 7) is 6.11. The molecule has 0 saturated carbocycles. The van der Waals surface area contributed by atoms with Gasteiger partial charge in [0.2, 0.25) is 0 Å². The molecule has 0 heterocycles. The van der Waals surface area contributed by atoms with Gasteiger partial charge in [0.05, 0.1) is 0 Å². The smallest absolute Gasteiger partial charge is 0.410 e. The minimum Gasteiger partial charge on any atom is -0.410 e. The zero-order valence-electron chi connectivity index (χ0n) is 9.91. The van der Waals surface area contributed by atoms with E-state index in [1.54, 1.807) is 6.07 Å². The summed E-state index contributed by atoms with van der Waals surface area (Å²) in [5.74, 6) is 0.576. The van der Waals surface area contributed by atoms with Crippen molar-refractivity contribution in [3.63, 3.8) is 0 Å². The van der Waals surface area contributed by atoms with E-state index in [1.165, 1.54) is 0 Å². The first kappa shape index (κ1) is 12.5. The minimum atomic E-state index is -0.468. The van der Waals surface area contributed by atoms with Crippen molar-refractivity contribution in [2.45, 2.75) is 26.8 Å². The molecule has 1 aromatic rings. The molecular weight excluding hydrogens is 204 g/mol. The number of carbonyl (C=O) groups excluding carboxylic acids is 1. The topological polar surface area (TPSA) is 64.3 Å². The lowest BCUT2D eigenvalue weighted by molar-refractivity contribution is 0.197. The van der Waals surface area contributed by atoms with E-state index in [-0.39, 0.29) is 6.04 Å². The fraction of sp³-hybridized carbons (Fsp3) is 0.417. The number of carbonyl (C=O) groups is 1. The number of nitrogens with one attached hydrogen (secondary N) is 1. The molecule has 88 valence electrons. The van der Waals surface area contributed by atoms with Gasteiger partial charge in [-0.15, -0.1) is 0 Å². The summed E-state index contributed by atoms with van der Waals surface area (Å²) in [6, 6.07) is 5.58. The summed E-state index contributed by atoms with van der Waals surface area (Å²) >= 11 is 0. The van der Waals surface area contributed by atoms with E-state index in [4.69, 9.17) is 10.5 Å². The Morgan fingerprint density at radius 1 is 1.50 bits per heavy atom. The van der Waals surface area contributed by atoms with Gasteiger partial charge in [0.25, 0.3) is 0 Å². The molecule has 0 fully saturated rings. The standard InChI is InChI=1S/C12H18N2O2/c1-8-4-5-11(9(2)6-8)16-12(15)14-10(3)7-13/h4-6,10H,7,13H2,1-3H3,(H,14,15). The van der Waals surface area contributed by atoms with E-state index in [0.717, 1.165) is 11.1 Å². The average Bonchev–Trinajstić information content (AvgIpc) is 2.22. The van der Waals surface area contributed by atoms with Gasteiger partial charge in [0.1, 0.15) is 5.75 Å². The van der Waals surface area contributed by atoms with Crippen LogP contribution in [0.2, 0.25) is 0 Å². The van der Waals surface area contributed by atoms with Gasteiger partial charge in [0.15, 0.2) is 0 Å². The SMILES string of the molecule is Cc1ccc(OC(=O)NC(C)CN)c(C)c1. The van der Waals surface area contributed by atoms with Crippen LogP contribution in [0.3, 0.4) is 0 Å². The quantitative estimate of drug-likeness (QED) is 0.818. The molecule has 3 N–H and O–H groups in total. The molecule has 0 radical (unpaired) electrons. The molecule has 16 heavy (non-hydrogen) atoms. The second kappa shape index (κ2) is 5.51. The molecule has 4 nitrogen and oxygen atoms in total. The number of benzene rings is 1. The molecule has 0 aliphatic heterocycles. The third-order valence-corrected chi connectivity index (χ3v) is 2.25. The van der Waals surface area contributed by atoms with Gasteiger partial charge in [-0.2, -0.15) is 0 Å². The van der Waals surface area contributed by atoms with Gasteiger partial charge in [-0.25, -0.2) is 4.79 Å². The lowest BCUT2D eigenvalue weighted by atomic mass is 10.1. The van der Waals surface area contributed by atoms with Crippen LogP contribution < -0.4 is 15.8 Å². The van der Waals surface area contributed by atoms with E-state index >= 15 is 0 Å². The van der Waals surface area contributed by atoms with Gasteiger partial charge in [0, 0.05) is 12.6 Å². The van der Waals surface area contributed by atoms with Crippen molar-refractivity contribution in [1.29, 1.82) is 0 Å². The fourth-order valence-electron chi connectivity index (χ4n) is 1.30. The summed E-state index contributed by atoms with van der Waals surface area (Å²) in [5, 5.41) is 2.63. The maximum atomic E-state index is 11.4. The molecule has 1 unspecified atom stereocenters. The number of rotatable bonds is 3. The second-order valence-electron chi connectivity index (χ2n) is 3.94. The summed E-state index contributed by atoms with van der Waals surface area (Å²) in [7, 11) is 0. The Bertz CT molecular complexity index is 377. The molecule has 4 heteroatoms. The van der Waals surface area contributed by atoms with Gasteiger partial charge in [-0.05, 0) is 32.4 Å². The van der Waals surface area contributed by atoms with Crippen LogP contribution in [0.5, 0.6) is 5.75 Å². The Morgan fingerprint density at radius 2 is 2.19 bits per heavy atom. The molecule has 0 aliphatic carbocycles. The summed E-state index contributed by atoms with van der Waals surface area (Å²) in [6.07, 6.45) is -0.468. The lowest BCUT2D eigenvalue weighted by Crippen LogP contribution is -2.39. The van der Waals surface area contributed by atoms with Crippen LogP contribution in [0.15, 0.2) is 18.2 Å². The van der Waals surface area contributed by atoms with E-state index in [0.29, 0.717) is 12.3 Å². The normalized spacial score (nSPS) is 12.0. The Morgan fingerprint density at radius 3 is 2.75 bits per heavy atom. The molecule has 0 aromatic heterocycles.